The van der Waals surface area contributed by atoms with Crippen molar-refractivity contribution in [3.05, 3.63) is 71.4 Å². The van der Waals surface area contributed by atoms with Gasteiger partial charge in [0.2, 0.25) is 11.9 Å². The molecule has 0 aliphatic carbocycles. The van der Waals surface area contributed by atoms with Crippen molar-refractivity contribution in [2.24, 2.45) is 5.41 Å². The number of carbonyl (C=O) groups excluding carboxylic acids is 1. The minimum Gasteiger partial charge on any atom is -0.490 e. The number of aromatic nitrogens is 2. The van der Waals surface area contributed by atoms with Gasteiger partial charge in [-0.1, -0.05) is 36.4 Å². The second-order valence-electron chi connectivity index (χ2n) is 11.0. The molecule has 2 aromatic carbocycles. The number of aliphatic carboxylic acids is 1. The number of alkyl halides is 3. The lowest BCUT2D eigenvalue weighted by atomic mass is 9.86. The summed E-state index contributed by atoms with van der Waals surface area (Å²) in [5.41, 5.74) is -0.730. The van der Waals surface area contributed by atoms with Crippen molar-refractivity contribution in [1.82, 2.24) is 9.97 Å². The Morgan fingerprint density at radius 3 is 2.37 bits per heavy atom. The molecule has 1 fully saturated rings. The van der Waals surface area contributed by atoms with E-state index in [-0.39, 0.29) is 24.9 Å². The van der Waals surface area contributed by atoms with Gasteiger partial charge >= 0.3 is 12.1 Å². The number of halogens is 3. The number of ether oxygens (including phenoxy) is 2. The zero-order valence-corrected chi connectivity index (χ0v) is 24.3. The van der Waals surface area contributed by atoms with Crippen molar-refractivity contribution < 1.29 is 37.3 Å². The minimum atomic E-state index is -4.75. The standard InChI is InChI=1S/C31H35F3N4O5/c1-4-42-23-9-5-6-10-24(23)43-22-8-7-15-38(19-22)26-17-25(31(32,33)34)35-29(36-26)37-27(39)16-20-11-13-21(14-12-20)18-30(2,3)28(40)41/h5-6,9-14,17,22H,4,7-8,15-16,18-19H2,1-3H3,(H,40,41)(H,35,36,37,39). The van der Waals surface area contributed by atoms with Crippen LogP contribution in [0, 0.1) is 5.41 Å². The van der Waals surface area contributed by atoms with Gasteiger partial charge in [-0.25, -0.2) is 4.98 Å². The SMILES string of the molecule is CCOc1ccccc1OC1CCCN(c2cc(C(F)(F)F)nc(NC(=O)Cc3ccc(CC(C)(C)C(=O)O)cc3)n2)C1. The zero-order chi connectivity index (χ0) is 31.2. The van der Waals surface area contributed by atoms with Crippen LogP contribution in [0.4, 0.5) is 24.9 Å². The van der Waals surface area contributed by atoms with E-state index < -0.39 is 35.1 Å². The Kier molecular flexibility index (Phi) is 9.77. The quantitative estimate of drug-likeness (QED) is 0.285. The van der Waals surface area contributed by atoms with Crippen molar-refractivity contribution >= 4 is 23.6 Å². The highest BCUT2D eigenvalue weighted by atomic mass is 19.4. The van der Waals surface area contributed by atoms with E-state index in [2.05, 4.69) is 15.3 Å². The normalized spacial score (nSPS) is 15.6. The molecule has 3 aromatic rings. The third-order valence-electron chi connectivity index (χ3n) is 7.01. The van der Waals surface area contributed by atoms with Gasteiger partial charge in [-0.2, -0.15) is 18.2 Å². The lowest BCUT2D eigenvalue weighted by Gasteiger charge is -2.34. The van der Waals surface area contributed by atoms with Crippen molar-refractivity contribution in [3.8, 4) is 11.5 Å². The van der Waals surface area contributed by atoms with Crippen LogP contribution in [0.15, 0.2) is 54.6 Å². The second-order valence-corrected chi connectivity index (χ2v) is 11.0. The average Bonchev–Trinajstić information content (AvgIpc) is 2.94. The Hall–Kier alpha value is -4.35. The number of carboxylic acids is 1. The highest BCUT2D eigenvalue weighted by Gasteiger charge is 2.35. The summed E-state index contributed by atoms with van der Waals surface area (Å²) in [4.78, 5) is 33.7. The van der Waals surface area contributed by atoms with Crippen LogP contribution in [0.25, 0.3) is 0 Å². The first-order valence-electron chi connectivity index (χ1n) is 14.0. The zero-order valence-electron chi connectivity index (χ0n) is 24.3. The molecule has 230 valence electrons. The molecule has 0 radical (unpaired) electrons. The molecule has 0 bridgehead atoms. The predicted molar refractivity (Wildman–Crippen MR) is 154 cm³/mol. The lowest BCUT2D eigenvalue weighted by Crippen LogP contribution is -2.42. The summed E-state index contributed by atoms with van der Waals surface area (Å²) in [7, 11) is 0. The first-order valence-corrected chi connectivity index (χ1v) is 14.0. The summed E-state index contributed by atoms with van der Waals surface area (Å²) in [6.07, 6.45) is -3.54. The van der Waals surface area contributed by atoms with Crippen LogP contribution in [-0.4, -0.2) is 52.8 Å². The van der Waals surface area contributed by atoms with E-state index >= 15 is 0 Å². The monoisotopic (exact) mass is 600 g/mol. The van der Waals surface area contributed by atoms with Gasteiger partial charge in [-0.3, -0.25) is 14.9 Å². The Morgan fingerprint density at radius 1 is 1.05 bits per heavy atom. The maximum atomic E-state index is 13.8. The molecule has 2 N–H and O–H groups in total. The maximum Gasteiger partial charge on any atom is 0.433 e. The summed E-state index contributed by atoms with van der Waals surface area (Å²) < 4.78 is 53.2. The smallest absolute Gasteiger partial charge is 0.433 e. The molecule has 1 unspecified atom stereocenters. The van der Waals surface area contributed by atoms with Gasteiger partial charge < -0.3 is 19.5 Å². The molecule has 12 heteroatoms. The summed E-state index contributed by atoms with van der Waals surface area (Å²) in [5.74, 6) is -0.769. The number of carbonyl (C=O) groups is 2. The van der Waals surface area contributed by atoms with Crippen LogP contribution in [-0.2, 0) is 28.6 Å². The van der Waals surface area contributed by atoms with Gasteiger partial charge in [0.05, 0.1) is 25.0 Å². The van der Waals surface area contributed by atoms with Gasteiger partial charge in [0.1, 0.15) is 11.9 Å². The number of rotatable bonds is 11. The maximum absolute atomic E-state index is 13.8. The van der Waals surface area contributed by atoms with Crippen molar-refractivity contribution in [2.75, 3.05) is 29.9 Å². The van der Waals surface area contributed by atoms with Crippen LogP contribution in [0.1, 0.15) is 50.4 Å². The molecule has 1 aliphatic rings. The van der Waals surface area contributed by atoms with E-state index in [1.54, 1.807) is 55.1 Å². The van der Waals surface area contributed by atoms with Gasteiger partial charge in [0, 0.05) is 12.6 Å². The molecule has 0 saturated carbocycles. The summed E-state index contributed by atoms with van der Waals surface area (Å²) in [6.45, 7) is 6.32. The van der Waals surface area contributed by atoms with E-state index in [9.17, 15) is 27.9 Å². The molecule has 4 rings (SSSR count). The molecule has 1 amide bonds. The van der Waals surface area contributed by atoms with Crippen molar-refractivity contribution in [1.29, 1.82) is 0 Å². The highest BCUT2D eigenvalue weighted by molar-refractivity contribution is 5.90. The fraction of sp³-hybridized carbons (Fsp3) is 0.419. The van der Waals surface area contributed by atoms with E-state index in [1.165, 1.54) is 0 Å². The molecule has 1 saturated heterocycles. The molecule has 2 heterocycles. The third-order valence-corrected chi connectivity index (χ3v) is 7.01. The number of nitrogens with zero attached hydrogens (tertiary/aromatic N) is 3. The van der Waals surface area contributed by atoms with Gasteiger partial charge in [0.25, 0.3) is 0 Å². The first kappa shape index (κ1) is 31.6. The van der Waals surface area contributed by atoms with Gasteiger partial charge in [0.15, 0.2) is 17.2 Å². The Bertz CT molecular complexity index is 1430. The number of benzene rings is 2. The average molecular weight is 601 g/mol. The Balaban J connectivity index is 1.47. The molecule has 1 aliphatic heterocycles. The van der Waals surface area contributed by atoms with Gasteiger partial charge in [-0.15, -0.1) is 0 Å². The first-order chi connectivity index (χ1) is 20.3. The Labute approximate surface area is 248 Å². The molecule has 9 nitrogen and oxygen atoms in total. The van der Waals surface area contributed by atoms with Crippen LogP contribution >= 0.6 is 0 Å². The van der Waals surface area contributed by atoms with Crippen LogP contribution in [0.3, 0.4) is 0 Å². The molecule has 43 heavy (non-hydrogen) atoms. The van der Waals surface area contributed by atoms with E-state index in [1.807, 2.05) is 19.1 Å². The Morgan fingerprint density at radius 2 is 1.72 bits per heavy atom. The van der Waals surface area contributed by atoms with E-state index in [4.69, 9.17) is 9.47 Å². The number of anilines is 2. The molecule has 1 atom stereocenters. The number of amides is 1. The molecule has 0 spiro atoms. The summed E-state index contributed by atoms with van der Waals surface area (Å²) in [6, 6.07) is 14.9. The van der Waals surface area contributed by atoms with Crippen molar-refractivity contribution in [2.45, 2.75) is 58.7 Å². The highest BCUT2D eigenvalue weighted by Crippen LogP contribution is 2.33. The fourth-order valence-electron chi connectivity index (χ4n) is 4.76. The van der Waals surface area contributed by atoms with E-state index in [0.717, 1.165) is 11.6 Å². The third kappa shape index (κ3) is 8.59. The van der Waals surface area contributed by atoms with Gasteiger partial charge in [-0.05, 0) is 63.3 Å². The summed E-state index contributed by atoms with van der Waals surface area (Å²) in [5, 5.41) is 11.8. The van der Waals surface area contributed by atoms with Crippen LogP contribution < -0.4 is 19.7 Å². The molecule has 1 aromatic heterocycles. The number of carboxylic acid groups (broad SMARTS) is 1. The molecular weight excluding hydrogens is 565 g/mol. The van der Waals surface area contributed by atoms with Crippen molar-refractivity contribution in [3.63, 3.8) is 0 Å². The number of nitrogens with one attached hydrogen (secondary N) is 1. The number of piperidine rings is 1. The number of para-hydroxylation sites is 2. The topological polar surface area (TPSA) is 114 Å². The van der Waals surface area contributed by atoms with Crippen LogP contribution in [0.5, 0.6) is 11.5 Å². The number of hydrogen-bond donors (Lipinski definition) is 2. The largest absolute Gasteiger partial charge is 0.490 e. The lowest BCUT2D eigenvalue weighted by molar-refractivity contribution is -0.146. The number of hydrogen-bond acceptors (Lipinski definition) is 7. The minimum absolute atomic E-state index is 0.0365. The molecular formula is C31H35F3N4O5. The van der Waals surface area contributed by atoms with E-state index in [0.29, 0.717) is 49.5 Å². The summed E-state index contributed by atoms with van der Waals surface area (Å²) >= 11 is 0. The second kappa shape index (κ2) is 13.3. The van der Waals surface area contributed by atoms with Crippen LogP contribution in [0.2, 0.25) is 0 Å². The predicted octanol–water partition coefficient (Wildman–Crippen LogP) is 5.78. The fourth-order valence-corrected chi connectivity index (χ4v) is 4.76.